The van der Waals surface area contributed by atoms with E-state index in [1.807, 2.05) is 25.1 Å². The lowest BCUT2D eigenvalue weighted by Crippen LogP contribution is -2.41. The molecular weight excluding hydrogens is 362 g/mol. The van der Waals surface area contributed by atoms with Crippen LogP contribution in [0.2, 0.25) is 0 Å². The number of nitrogens with one attached hydrogen (secondary N) is 1. The molecule has 0 spiro atoms. The van der Waals surface area contributed by atoms with Gasteiger partial charge in [0.1, 0.15) is 0 Å². The number of aliphatic imine (C=N–C) groups is 1. The molecule has 1 aromatic rings. The normalized spacial score (nSPS) is 23.1. The van der Waals surface area contributed by atoms with Gasteiger partial charge in [-0.1, -0.05) is 24.8 Å². The van der Waals surface area contributed by atoms with Gasteiger partial charge in [-0.3, -0.25) is 9.79 Å². The van der Waals surface area contributed by atoms with Crippen molar-refractivity contribution in [3.63, 3.8) is 0 Å². The molecular formula is C20H29N3O3S. The smallest absolute Gasteiger partial charge is 0.231 e. The van der Waals surface area contributed by atoms with Gasteiger partial charge in [-0.25, -0.2) is 0 Å². The van der Waals surface area contributed by atoms with Gasteiger partial charge in [-0.05, 0) is 50.0 Å². The Morgan fingerprint density at radius 1 is 1.22 bits per heavy atom. The molecule has 3 rings (SSSR count). The maximum Gasteiger partial charge on any atom is 0.231 e. The summed E-state index contributed by atoms with van der Waals surface area (Å²) in [6.45, 7) is 5.44. The fourth-order valence-corrected chi connectivity index (χ4v) is 4.60. The summed E-state index contributed by atoms with van der Waals surface area (Å²) in [5.41, 5.74) is 0.979. The summed E-state index contributed by atoms with van der Waals surface area (Å²) in [5, 5.41) is 3.72. The van der Waals surface area contributed by atoms with Crippen LogP contribution in [0.1, 0.15) is 37.8 Å². The van der Waals surface area contributed by atoms with E-state index < -0.39 is 0 Å². The number of carbonyl (C=O) groups is 1. The summed E-state index contributed by atoms with van der Waals surface area (Å²) in [7, 11) is 3.24. The van der Waals surface area contributed by atoms with Crippen molar-refractivity contribution in [2.45, 2.75) is 32.2 Å². The molecule has 1 amide bonds. The number of rotatable bonds is 7. The number of carbonyl (C=O) groups excluding carboxylic acids is 1. The SMILES string of the molecule is CCC1C(=O)NC(SCCN2CCCC2)=NC1c1ccc(OC)c(OC)c1. The minimum Gasteiger partial charge on any atom is -0.493 e. The van der Waals surface area contributed by atoms with E-state index >= 15 is 0 Å². The fourth-order valence-electron chi connectivity index (χ4n) is 3.69. The highest BCUT2D eigenvalue weighted by Crippen LogP contribution is 2.37. The first-order chi connectivity index (χ1) is 13.2. The molecule has 0 aromatic heterocycles. The molecule has 0 radical (unpaired) electrons. The highest BCUT2D eigenvalue weighted by Gasteiger charge is 2.33. The van der Waals surface area contributed by atoms with Crippen LogP contribution in [-0.4, -0.2) is 55.6 Å². The first-order valence-corrected chi connectivity index (χ1v) is 10.6. The maximum absolute atomic E-state index is 12.6. The van der Waals surface area contributed by atoms with Gasteiger partial charge in [0.25, 0.3) is 0 Å². The molecule has 2 heterocycles. The van der Waals surface area contributed by atoms with Gasteiger partial charge in [0.15, 0.2) is 16.7 Å². The number of thioether (sulfide) groups is 1. The summed E-state index contributed by atoms with van der Waals surface area (Å²) in [5.74, 6) is 2.16. The molecule has 0 aliphatic carbocycles. The van der Waals surface area contributed by atoms with Gasteiger partial charge >= 0.3 is 0 Å². The van der Waals surface area contributed by atoms with E-state index in [9.17, 15) is 4.79 Å². The number of hydrogen-bond donors (Lipinski definition) is 1. The Bertz CT molecular complexity index is 689. The van der Waals surface area contributed by atoms with Crippen LogP contribution in [0.3, 0.4) is 0 Å². The minimum atomic E-state index is -0.196. The predicted octanol–water partition coefficient (Wildman–Crippen LogP) is 3.09. The number of nitrogens with zero attached hydrogens (tertiary/aromatic N) is 2. The highest BCUT2D eigenvalue weighted by molar-refractivity contribution is 8.13. The van der Waals surface area contributed by atoms with E-state index in [1.54, 1.807) is 26.0 Å². The molecule has 2 unspecified atom stereocenters. The lowest BCUT2D eigenvalue weighted by molar-refractivity contribution is -0.124. The van der Waals surface area contributed by atoms with Crippen LogP contribution in [-0.2, 0) is 4.79 Å². The van der Waals surface area contributed by atoms with Crippen molar-refractivity contribution in [1.82, 2.24) is 10.2 Å². The van der Waals surface area contributed by atoms with Crippen LogP contribution < -0.4 is 14.8 Å². The summed E-state index contributed by atoms with van der Waals surface area (Å²) >= 11 is 1.64. The largest absolute Gasteiger partial charge is 0.493 e. The zero-order valence-electron chi connectivity index (χ0n) is 16.4. The number of amidine groups is 1. The van der Waals surface area contributed by atoms with Crippen LogP contribution in [0.4, 0.5) is 0 Å². The van der Waals surface area contributed by atoms with Gasteiger partial charge in [0.05, 0.1) is 26.2 Å². The number of hydrogen-bond acceptors (Lipinski definition) is 6. The lowest BCUT2D eigenvalue weighted by atomic mass is 9.89. The molecule has 2 atom stereocenters. The maximum atomic E-state index is 12.6. The molecule has 1 fully saturated rings. The average molecular weight is 392 g/mol. The van der Waals surface area contributed by atoms with Crippen LogP contribution in [0.25, 0.3) is 0 Å². The molecule has 0 saturated carbocycles. The van der Waals surface area contributed by atoms with Gasteiger partial charge in [0.2, 0.25) is 5.91 Å². The monoisotopic (exact) mass is 391 g/mol. The number of benzene rings is 1. The first-order valence-electron chi connectivity index (χ1n) is 9.62. The number of amides is 1. The number of ether oxygens (including phenoxy) is 2. The molecule has 1 saturated heterocycles. The standard InChI is InChI=1S/C20H29N3O3S/c1-4-15-18(14-7-8-16(25-2)17(13-14)26-3)21-20(22-19(15)24)27-12-11-23-9-5-6-10-23/h7-8,13,15,18H,4-6,9-12H2,1-3H3,(H,21,22,24). The van der Waals surface area contributed by atoms with Gasteiger partial charge in [0, 0.05) is 12.3 Å². The molecule has 1 aromatic carbocycles. The topological polar surface area (TPSA) is 63.2 Å². The van der Waals surface area contributed by atoms with E-state index in [1.165, 1.54) is 25.9 Å². The van der Waals surface area contributed by atoms with Crippen LogP contribution in [0, 0.1) is 5.92 Å². The molecule has 27 heavy (non-hydrogen) atoms. The van der Waals surface area contributed by atoms with Crippen molar-refractivity contribution < 1.29 is 14.3 Å². The molecule has 1 N–H and O–H groups in total. The highest BCUT2D eigenvalue weighted by atomic mass is 32.2. The molecule has 2 aliphatic heterocycles. The first kappa shape index (κ1) is 20.0. The van der Waals surface area contributed by atoms with E-state index in [0.717, 1.165) is 29.4 Å². The zero-order chi connectivity index (χ0) is 19.2. The van der Waals surface area contributed by atoms with Crippen LogP contribution in [0.5, 0.6) is 11.5 Å². The van der Waals surface area contributed by atoms with Gasteiger partial charge < -0.3 is 19.7 Å². The summed E-state index contributed by atoms with van der Waals surface area (Å²) < 4.78 is 10.8. The third-order valence-electron chi connectivity index (χ3n) is 5.24. The Morgan fingerprint density at radius 3 is 2.63 bits per heavy atom. The molecule has 2 aliphatic rings. The second kappa shape index (κ2) is 9.46. The molecule has 0 bridgehead atoms. The Balaban J connectivity index is 1.76. The molecule has 7 heteroatoms. The Labute approximate surface area is 165 Å². The van der Waals surface area contributed by atoms with E-state index in [0.29, 0.717) is 11.5 Å². The van der Waals surface area contributed by atoms with Crippen molar-refractivity contribution in [3.05, 3.63) is 23.8 Å². The second-order valence-corrected chi connectivity index (χ2v) is 7.98. The van der Waals surface area contributed by atoms with Gasteiger partial charge in [-0.2, -0.15) is 0 Å². The lowest BCUT2D eigenvalue weighted by Gasteiger charge is -2.29. The van der Waals surface area contributed by atoms with E-state index in [4.69, 9.17) is 14.5 Å². The third-order valence-corrected chi connectivity index (χ3v) is 6.11. The quantitative estimate of drug-likeness (QED) is 0.774. The second-order valence-electron chi connectivity index (χ2n) is 6.89. The van der Waals surface area contributed by atoms with E-state index in [2.05, 4.69) is 10.2 Å². The predicted molar refractivity (Wildman–Crippen MR) is 110 cm³/mol. The van der Waals surface area contributed by atoms with Gasteiger partial charge in [-0.15, -0.1) is 0 Å². The number of likely N-dealkylation sites (tertiary alicyclic amines) is 1. The van der Waals surface area contributed by atoms with Crippen molar-refractivity contribution in [1.29, 1.82) is 0 Å². The van der Waals surface area contributed by atoms with Crippen LogP contribution >= 0.6 is 11.8 Å². The minimum absolute atomic E-state index is 0.0518. The summed E-state index contributed by atoms with van der Waals surface area (Å²) in [6.07, 6.45) is 3.32. The van der Waals surface area contributed by atoms with Crippen LogP contribution in [0.15, 0.2) is 23.2 Å². The Morgan fingerprint density at radius 2 is 1.96 bits per heavy atom. The summed E-state index contributed by atoms with van der Waals surface area (Å²) in [6, 6.07) is 5.59. The summed E-state index contributed by atoms with van der Waals surface area (Å²) in [4.78, 5) is 20.0. The van der Waals surface area contributed by atoms with Crippen molar-refractivity contribution in [2.24, 2.45) is 10.9 Å². The zero-order valence-corrected chi connectivity index (χ0v) is 17.2. The molecule has 6 nitrogen and oxygen atoms in total. The van der Waals surface area contributed by atoms with Crippen molar-refractivity contribution in [2.75, 3.05) is 39.6 Å². The Hall–Kier alpha value is -1.73. The average Bonchev–Trinajstić information content (AvgIpc) is 3.20. The van der Waals surface area contributed by atoms with Crippen molar-refractivity contribution >= 4 is 22.8 Å². The van der Waals surface area contributed by atoms with Crippen molar-refractivity contribution in [3.8, 4) is 11.5 Å². The van der Waals surface area contributed by atoms with E-state index in [-0.39, 0.29) is 17.9 Å². The third kappa shape index (κ3) is 4.76. The molecule has 148 valence electrons. The Kier molecular flexibility index (Phi) is 7.01. The number of methoxy groups -OCH3 is 2. The fraction of sp³-hybridized carbons (Fsp3) is 0.600.